The van der Waals surface area contributed by atoms with Crippen molar-refractivity contribution in [3.05, 3.63) is 0 Å². The molecule has 2 saturated heterocycles. The smallest absolute Gasteiger partial charge is 0.0107 e. The number of rotatable bonds is 5. The third kappa shape index (κ3) is 4.57. The fourth-order valence-corrected chi connectivity index (χ4v) is 3.06. The van der Waals surface area contributed by atoms with Gasteiger partial charge in [-0.15, -0.1) is 0 Å². The van der Waals surface area contributed by atoms with Gasteiger partial charge >= 0.3 is 0 Å². The predicted octanol–water partition coefficient (Wildman–Crippen LogP) is 1.55. The number of nitrogens with one attached hydrogen (secondary N) is 1. The molecule has 0 atom stereocenters. The quantitative estimate of drug-likeness (QED) is 0.785. The lowest BCUT2D eigenvalue weighted by Crippen LogP contribution is -2.45. The Labute approximate surface area is 107 Å². The van der Waals surface area contributed by atoms with E-state index < -0.39 is 0 Å². The molecule has 2 rings (SSSR count). The van der Waals surface area contributed by atoms with Crippen LogP contribution in [0.1, 0.15) is 39.0 Å². The van der Waals surface area contributed by atoms with E-state index in [1.54, 1.807) is 0 Å². The average molecular weight is 239 g/mol. The number of piperidine rings is 2. The van der Waals surface area contributed by atoms with Gasteiger partial charge in [0.25, 0.3) is 0 Å². The summed E-state index contributed by atoms with van der Waals surface area (Å²) < 4.78 is 0. The van der Waals surface area contributed by atoms with Gasteiger partial charge < -0.3 is 15.1 Å². The van der Waals surface area contributed by atoms with Crippen LogP contribution in [0, 0.1) is 0 Å². The van der Waals surface area contributed by atoms with Crippen LogP contribution in [0.15, 0.2) is 0 Å². The van der Waals surface area contributed by atoms with Gasteiger partial charge in [-0.25, -0.2) is 0 Å². The zero-order valence-corrected chi connectivity index (χ0v) is 11.5. The Balaban J connectivity index is 1.53. The third-order valence-electron chi connectivity index (χ3n) is 4.34. The first-order valence-electron chi connectivity index (χ1n) is 7.56. The lowest BCUT2D eigenvalue weighted by molar-refractivity contribution is 0.193. The van der Waals surface area contributed by atoms with E-state index in [2.05, 4.69) is 22.0 Å². The van der Waals surface area contributed by atoms with E-state index >= 15 is 0 Å². The van der Waals surface area contributed by atoms with Crippen LogP contribution in [0.3, 0.4) is 0 Å². The van der Waals surface area contributed by atoms with Gasteiger partial charge in [0.15, 0.2) is 0 Å². The standard InChI is InChI=1S/C14H29N3/c1-2-16-11-6-14(7-12-16)15-8-13-17-9-4-3-5-10-17/h14-15H,2-13H2,1H3. The maximum absolute atomic E-state index is 3.75. The van der Waals surface area contributed by atoms with Crippen molar-refractivity contribution in [3.8, 4) is 0 Å². The van der Waals surface area contributed by atoms with E-state index in [1.165, 1.54) is 77.9 Å². The van der Waals surface area contributed by atoms with Crippen LogP contribution in [-0.2, 0) is 0 Å². The number of hydrogen-bond donors (Lipinski definition) is 1. The van der Waals surface area contributed by atoms with E-state index in [1.807, 2.05) is 0 Å². The maximum Gasteiger partial charge on any atom is 0.0107 e. The monoisotopic (exact) mass is 239 g/mol. The highest BCUT2D eigenvalue weighted by Crippen LogP contribution is 2.10. The van der Waals surface area contributed by atoms with Crippen LogP contribution in [0.5, 0.6) is 0 Å². The van der Waals surface area contributed by atoms with Gasteiger partial charge in [0, 0.05) is 19.1 Å². The van der Waals surface area contributed by atoms with Crippen LogP contribution in [0.2, 0.25) is 0 Å². The van der Waals surface area contributed by atoms with E-state index in [-0.39, 0.29) is 0 Å². The fourth-order valence-electron chi connectivity index (χ4n) is 3.06. The van der Waals surface area contributed by atoms with Crippen LogP contribution < -0.4 is 5.32 Å². The van der Waals surface area contributed by atoms with E-state index in [4.69, 9.17) is 0 Å². The zero-order valence-electron chi connectivity index (χ0n) is 11.5. The summed E-state index contributed by atoms with van der Waals surface area (Å²) >= 11 is 0. The summed E-state index contributed by atoms with van der Waals surface area (Å²) in [6, 6.07) is 0.780. The van der Waals surface area contributed by atoms with Gasteiger partial charge in [0.05, 0.1) is 0 Å². The molecular weight excluding hydrogens is 210 g/mol. The number of hydrogen-bond acceptors (Lipinski definition) is 3. The Morgan fingerprint density at radius 2 is 1.65 bits per heavy atom. The lowest BCUT2D eigenvalue weighted by atomic mass is 10.1. The average Bonchev–Trinajstić information content (AvgIpc) is 2.41. The van der Waals surface area contributed by atoms with Crippen LogP contribution >= 0.6 is 0 Å². The Hall–Kier alpha value is -0.120. The highest BCUT2D eigenvalue weighted by atomic mass is 15.2. The molecule has 100 valence electrons. The van der Waals surface area contributed by atoms with E-state index in [0.29, 0.717) is 0 Å². The molecule has 0 unspecified atom stereocenters. The summed E-state index contributed by atoms with van der Waals surface area (Å²) in [5.41, 5.74) is 0. The van der Waals surface area contributed by atoms with Gasteiger partial charge in [-0.2, -0.15) is 0 Å². The minimum atomic E-state index is 0.780. The Morgan fingerprint density at radius 1 is 0.941 bits per heavy atom. The van der Waals surface area contributed by atoms with Crippen LogP contribution in [0.25, 0.3) is 0 Å². The summed E-state index contributed by atoms with van der Waals surface area (Å²) in [5.74, 6) is 0. The Morgan fingerprint density at radius 3 is 2.29 bits per heavy atom. The molecule has 0 aromatic carbocycles. The van der Waals surface area contributed by atoms with Gasteiger partial charge in [0.2, 0.25) is 0 Å². The second-order valence-electron chi connectivity index (χ2n) is 5.56. The van der Waals surface area contributed by atoms with Crippen molar-refractivity contribution in [1.82, 2.24) is 15.1 Å². The molecule has 0 spiro atoms. The van der Waals surface area contributed by atoms with Crippen LogP contribution in [-0.4, -0.2) is 61.7 Å². The van der Waals surface area contributed by atoms with Crippen molar-refractivity contribution in [2.75, 3.05) is 45.8 Å². The zero-order chi connectivity index (χ0) is 11.9. The second-order valence-corrected chi connectivity index (χ2v) is 5.56. The van der Waals surface area contributed by atoms with Gasteiger partial charge in [-0.05, 0) is 58.4 Å². The summed E-state index contributed by atoms with van der Waals surface area (Å²) in [7, 11) is 0. The maximum atomic E-state index is 3.75. The molecule has 1 N–H and O–H groups in total. The summed E-state index contributed by atoms with van der Waals surface area (Å²) in [4.78, 5) is 5.18. The molecule has 0 bridgehead atoms. The fraction of sp³-hybridized carbons (Fsp3) is 1.00. The minimum absolute atomic E-state index is 0.780. The second kappa shape index (κ2) is 7.34. The molecule has 3 nitrogen and oxygen atoms in total. The van der Waals surface area contributed by atoms with Gasteiger partial charge in [-0.3, -0.25) is 0 Å². The topological polar surface area (TPSA) is 18.5 Å². The van der Waals surface area contributed by atoms with Crippen molar-refractivity contribution >= 4 is 0 Å². The molecule has 0 radical (unpaired) electrons. The Bertz CT molecular complexity index is 194. The SMILES string of the molecule is CCN1CCC(NCCN2CCCCC2)CC1. The van der Waals surface area contributed by atoms with Crippen LogP contribution in [0.4, 0.5) is 0 Å². The van der Waals surface area contributed by atoms with E-state index in [9.17, 15) is 0 Å². The first-order valence-corrected chi connectivity index (χ1v) is 7.56. The largest absolute Gasteiger partial charge is 0.313 e. The van der Waals surface area contributed by atoms with Crippen molar-refractivity contribution in [3.63, 3.8) is 0 Å². The van der Waals surface area contributed by atoms with Crippen molar-refractivity contribution in [2.45, 2.75) is 45.1 Å². The molecule has 0 aliphatic carbocycles. The first-order chi connectivity index (χ1) is 8.38. The lowest BCUT2D eigenvalue weighted by Gasteiger charge is -2.32. The molecule has 0 aromatic heterocycles. The number of nitrogens with zero attached hydrogens (tertiary/aromatic N) is 2. The minimum Gasteiger partial charge on any atom is -0.313 e. The molecule has 2 aliphatic rings. The third-order valence-corrected chi connectivity index (χ3v) is 4.34. The first kappa shape index (κ1) is 13.3. The molecule has 0 saturated carbocycles. The van der Waals surface area contributed by atoms with Crippen molar-refractivity contribution in [1.29, 1.82) is 0 Å². The molecule has 2 aliphatic heterocycles. The molecule has 3 heteroatoms. The van der Waals surface area contributed by atoms with Crippen molar-refractivity contribution < 1.29 is 0 Å². The normalized spacial score (nSPS) is 25.2. The predicted molar refractivity (Wildman–Crippen MR) is 73.4 cm³/mol. The summed E-state index contributed by atoms with van der Waals surface area (Å²) in [6.07, 6.45) is 6.95. The highest BCUT2D eigenvalue weighted by molar-refractivity contribution is 4.77. The van der Waals surface area contributed by atoms with E-state index in [0.717, 1.165) is 6.04 Å². The molecule has 2 heterocycles. The molecule has 2 fully saturated rings. The molecule has 0 amide bonds. The summed E-state index contributed by atoms with van der Waals surface area (Å²) in [6.45, 7) is 11.2. The molecule has 17 heavy (non-hydrogen) atoms. The molecule has 0 aromatic rings. The van der Waals surface area contributed by atoms with Gasteiger partial charge in [0.1, 0.15) is 0 Å². The van der Waals surface area contributed by atoms with Gasteiger partial charge in [-0.1, -0.05) is 13.3 Å². The highest BCUT2D eigenvalue weighted by Gasteiger charge is 2.17. The molecular formula is C14H29N3. The summed E-state index contributed by atoms with van der Waals surface area (Å²) in [5, 5.41) is 3.75. The van der Waals surface area contributed by atoms with Crippen molar-refractivity contribution in [2.24, 2.45) is 0 Å². The number of likely N-dealkylation sites (tertiary alicyclic amines) is 2. The Kier molecular flexibility index (Phi) is 5.75.